The Labute approximate surface area is 326 Å². The van der Waals surface area contributed by atoms with E-state index >= 15 is 0 Å². The van der Waals surface area contributed by atoms with Gasteiger partial charge in [-0.25, -0.2) is 29.9 Å². The van der Waals surface area contributed by atoms with Gasteiger partial charge in [0.1, 0.15) is 0 Å². The maximum atomic E-state index is 5.33. The lowest BCUT2D eigenvalue weighted by molar-refractivity contribution is -0.00518. The fourth-order valence-electron chi connectivity index (χ4n) is 10.4. The monoisotopic (exact) mass is 724 g/mol. The highest BCUT2D eigenvalue weighted by atomic mass is 15.1. The minimum atomic E-state index is 0.326. The molecule has 0 spiro atoms. The van der Waals surface area contributed by atoms with Crippen molar-refractivity contribution in [2.45, 2.75) is 43.9 Å². The summed E-state index contributed by atoms with van der Waals surface area (Å²) >= 11 is 0. The fourth-order valence-corrected chi connectivity index (χ4v) is 10.4. The van der Waals surface area contributed by atoms with Crippen molar-refractivity contribution in [3.8, 4) is 68.3 Å². The SMILES string of the molecule is c1ccc(-c2nc(-c3ccccc3)nc(-c3ccc4ccccc4c3-c3nc(-c4ccccc4)nc(-c4ccc(C56CC7CC(CC(C7)C5)C6)cc4)n3)n2)cc1. The zero-order valence-corrected chi connectivity index (χ0v) is 31.1. The molecule has 0 amide bonds. The maximum Gasteiger partial charge on any atom is 0.165 e. The molecular weight excluding hydrogens is 685 g/mol. The van der Waals surface area contributed by atoms with Crippen molar-refractivity contribution in [3.05, 3.63) is 157 Å². The van der Waals surface area contributed by atoms with Crippen LogP contribution in [0.5, 0.6) is 0 Å². The lowest BCUT2D eigenvalue weighted by Crippen LogP contribution is -2.48. The first-order valence-corrected chi connectivity index (χ1v) is 20.0. The molecule has 0 radical (unpaired) electrons. The van der Waals surface area contributed by atoms with Crippen molar-refractivity contribution in [2.75, 3.05) is 0 Å². The molecule has 56 heavy (non-hydrogen) atoms. The average molecular weight is 725 g/mol. The van der Waals surface area contributed by atoms with Gasteiger partial charge >= 0.3 is 0 Å². The second-order valence-corrected chi connectivity index (χ2v) is 16.2. The zero-order valence-electron chi connectivity index (χ0n) is 31.1. The Hall–Kier alpha value is -6.40. The van der Waals surface area contributed by atoms with E-state index in [0.717, 1.165) is 61.9 Å². The topological polar surface area (TPSA) is 77.3 Å². The zero-order chi connectivity index (χ0) is 37.1. The van der Waals surface area contributed by atoms with Gasteiger partial charge in [0.2, 0.25) is 0 Å². The van der Waals surface area contributed by atoms with Crippen molar-refractivity contribution in [1.82, 2.24) is 29.9 Å². The van der Waals surface area contributed by atoms with Crippen molar-refractivity contribution >= 4 is 10.8 Å². The Morgan fingerprint density at radius 3 is 1.27 bits per heavy atom. The molecule has 6 heteroatoms. The van der Waals surface area contributed by atoms with Gasteiger partial charge in [0.25, 0.3) is 0 Å². The van der Waals surface area contributed by atoms with E-state index in [4.69, 9.17) is 29.9 Å². The van der Waals surface area contributed by atoms with Crippen molar-refractivity contribution in [1.29, 1.82) is 0 Å². The van der Waals surface area contributed by atoms with Gasteiger partial charge in [-0.05, 0) is 84.1 Å². The Kier molecular flexibility index (Phi) is 7.90. The molecule has 0 saturated heterocycles. The van der Waals surface area contributed by atoms with Gasteiger partial charge in [-0.3, -0.25) is 0 Å². The Bertz CT molecular complexity index is 2620. The molecule has 6 nitrogen and oxygen atoms in total. The summed E-state index contributed by atoms with van der Waals surface area (Å²) < 4.78 is 0. The smallest absolute Gasteiger partial charge is 0.165 e. The third-order valence-corrected chi connectivity index (χ3v) is 12.6. The van der Waals surface area contributed by atoms with E-state index in [1.165, 1.54) is 44.1 Å². The Morgan fingerprint density at radius 2 is 0.768 bits per heavy atom. The Balaban J connectivity index is 1.10. The van der Waals surface area contributed by atoms with Crippen LogP contribution in [0.15, 0.2) is 152 Å². The molecule has 4 aliphatic carbocycles. The van der Waals surface area contributed by atoms with Gasteiger partial charge in [0.15, 0.2) is 34.9 Å². The molecule has 4 saturated carbocycles. The van der Waals surface area contributed by atoms with Crippen LogP contribution in [-0.2, 0) is 5.41 Å². The van der Waals surface area contributed by atoms with Crippen molar-refractivity contribution < 1.29 is 0 Å². The molecule has 4 aliphatic rings. The van der Waals surface area contributed by atoms with Crippen LogP contribution in [0.1, 0.15) is 44.1 Å². The quantitative estimate of drug-likeness (QED) is 0.163. The first-order chi connectivity index (χ1) is 27.6. The highest BCUT2D eigenvalue weighted by Gasteiger charge is 2.51. The van der Waals surface area contributed by atoms with Gasteiger partial charge < -0.3 is 0 Å². The van der Waals surface area contributed by atoms with Gasteiger partial charge in [0.05, 0.1) is 0 Å². The molecule has 0 unspecified atom stereocenters. The van der Waals surface area contributed by atoms with Gasteiger partial charge in [-0.2, -0.15) is 0 Å². The van der Waals surface area contributed by atoms with E-state index in [9.17, 15) is 0 Å². The number of benzene rings is 6. The molecule has 4 fully saturated rings. The molecule has 2 aromatic heterocycles. The minimum Gasteiger partial charge on any atom is -0.208 e. The molecule has 0 atom stereocenters. The molecule has 6 aromatic carbocycles. The van der Waals surface area contributed by atoms with Gasteiger partial charge in [0, 0.05) is 33.4 Å². The van der Waals surface area contributed by atoms with E-state index in [-0.39, 0.29) is 0 Å². The van der Waals surface area contributed by atoms with Crippen molar-refractivity contribution in [3.63, 3.8) is 0 Å². The van der Waals surface area contributed by atoms with Crippen LogP contribution in [0.2, 0.25) is 0 Å². The van der Waals surface area contributed by atoms with E-state index < -0.39 is 0 Å². The number of aromatic nitrogens is 6. The number of rotatable bonds is 7. The summed E-state index contributed by atoms with van der Waals surface area (Å²) in [7, 11) is 0. The molecule has 270 valence electrons. The second kappa shape index (κ2) is 13.4. The standard InChI is InChI=1S/C50H40N6/c1-4-13-36(14-5-1)44-51-45(37-15-6-2-7-16-37)54-48(53-44)42-25-22-35-12-10-11-19-41(35)43(42)49-55-46(38-17-8-3-9-18-38)52-47(56-49)39-20-23-40(24-21-39)50-29-32-26-33(30-50)28-34(27-32)31-50/h1-25,32-34H,26-31H2. The predicted octanol–water partition coefficient (Wildman–Crippen LogP) is 11.7. The molecule has 4 bridgehead atoms. The third-order valence-electron chi connectivity index (χ3n) is 12.6. The van der Waals surface area contributed by atoms with Gasteiger partial charge in [-0.15, -0.1) is 0 Å². The normalized spacial score (nSPS) is 21.0. The summed E-state index contributed by atoms with van der Waals surface area (Å²) in [6.07, 6.45) is 8.33. The summed E-state index contributed by atoms with van der Waals surface area (Å²) in [6.45, 7) is 0. The summed E-state index contributed by atoms with van der Waals surface area (Å²) in [6, 6.07) is 52.3. The molecule has 8 aromatic rings. The predicted molar refractivity (Wildman–Crippen MR) is 223 cm³/mol. The highest BCUT2D eigenvalue weighted by molar-refractivity contribution is 6.02. The van der Waals surface area contributed by atoms with Crippen LogP contribution >= 0.6 is 0 Å². The number of nitrogens with zero attached hydrogens (tertiary/aromatic N) is 6. The summed E-state index contributed by atoms with van der Waals surface area (Å²) in [5, 5.41) is 2.09. The first-order valence-electron chi connectivity index (χ1n) is 20.0. The fraction of sp³-hybridized carbons (Fsp3) is 0.200. The molecule has 12 rings (SSSR count). The number of hydrogen-bond acceptors (Lipinski definition) is 6. The average Bonchev–Trinajstić information content (AvgIpc) is 3.26. The second-order valence-electron chi connectivity index (χ2n) is 16.2. The maximum absolute atomic E-state index is 5.33. The van der Waals surface area contributed by atoms with Crippen LogP contribution in [0.3, 0.4) is 0 Å². The van der Waals surface area contributed by atoms with E-state index in [1.54, 1.807) is 0 Å². The molecular formula is C50H40N6. The van der Waals surface area contributed by atoms with Gasteiger partial charge in [-0.1, -0.05) is 146 Å². The molecule has 0 aliphatic heterocycles. The molecule has 2 heterocycles. The summed E-state index contributed by atoms with van der Waals surface area (Å²) in [4.78, 5) is 31.0. The summed E-state index contributed by atoms with van der Waals surface area (Å²) in [5.41, 5.74) is 7.26. The lowest BCUT2D eigenvalue weighted by Gasteiger charge is -2.57. The minimum absolute atomic E-state index is 0.326. The van der Waals surface area contributed by atoms with E-state index in [0.29, 0.717) is 40.4 Å². The van der Waals surface area contributed by atoms with E-state index in [2.05, 4.69) is 72.8 Å². The number of hydrogen-bond donors (Lipinski definition) is 0. The van der Waals surface area contributed by atoms with Crippen LogP contribution in [-0.4, -0.2) is 29.9 Å². The Morgan fingerprint density at radius 1 is 0.357 bits per heavy atom. The third kappa shape index (κ3) is 5.88. The first kappa shape index (κ1) is 33.0. The van der Waals surface area contributed by atoms with Crippen LogP contribution in [0, 0.1) is 17.8 Å². The number of fused-ring (bicyclic) bond motifs is 1. The molecule has 0 N–H and O–H groups in total. The summed E-state index contributed by atoms with van der Waals surface area (Å²) in [5.74, 6) is 6.31. The largest absolute Gasteiger partial charge is 0.208 e. The van der Waals surface area contributed by atoms with Crippen LogP contribution in [0.25, 0.3) is 79.1 Å². The highest BCUT2D eigenvalue weighted by Crippen LogP contribution is 2.60. The van der Waals surface area contributed by atoms with Crippen LogP contribution in [0.4, 0.5) is 0 Å². The van der Waals surface area contributed by atoms with Crippen molar-refractivity contribution in [2.24, 2.45) is 17.8 Å². The van der Waals surface area contributed by atoms with E-state index in [1.807, 2.05) is 78.9 Å². The lowest BCUT2D eigenvalue weighted by atomic mass is 9.48. The van der Waals surface area contributed by atoms with Crippen LogP contribution < -0.4 is 0 Å².